The molecule has 1 atom stereocenters. The first-order valence-corrected chi connectivity index (χ1v) is 30.5. The number of carbonyl (C=O) groups excluding carboxylic acids is 3. The van der Waals surface area contributed by atoms with Gasteiger partial charge in [-0.25, -0.2) is 0 Å². The van der Waals surface area contributed by atoms with Crippen molar-refractivity contribution in [1.29, 1.82) is 0 Å². The fourth-order valence-electron chi connectivity index (χ4n) is 7.74. The second-order valence-electron chi connectivity index (χ2n) is 19.5. The van der Waals surface area contributed by atoms with Gasteiger partial charge in [0.1, 0.15) is 13.2 Å². The number of ether oxygens (including phenoxy) is 3. The minimum atomic E-state index is -0.816. The molecule has 0 aromatic rings. The summed E-state index contributed by atoms with van der Waals surface area (Å²) in [5.74, 6) is -0.978. The lowest BCUT2D eigenvalue weighted by molar-refractivity contribution is -0.167. The lowest BCUT2D eigenvalue weighted by Crippen LogP contribution is -2.30. The Morgan fingerprint density at radius 2 is 0.513 bits per heavy atom. The van der Waals surface area contributed by atoms with Crippen LogP contribution in [0.2, 0.25) is 0 Å². The molecule has 0 saturated carbocycles. The number of unbranched alkanes of at least 4 members (excludes halogenated alkanes) is 16. The summed E-state index contributed by atoms with van der Waals surface area (Å²) in [7, 11) is 0. The van der Waals surface area contributed by atoms with E-state index in [1.807, 2.05) is 0 Å². The lowest BCUT2D eigenvalue weighted by Gasteiger charge is -2.18. The smallest absolute Gasteiger partial charge is 0.306 e. The fourth-order valence-corrected chi connectivity index (χ4v) is 7.74. The molecule has 0 amide bonds. The molecule has 0 heterocycles. The number of carbonyl (C=O) groups is 3. The van der Waals surface area contributed by atoms with Crippen LogP contribution in [0.5, 0.6) is 0 Å². The van der Waals surface area contributed by atoms with Crippen LogP contribution in [0.3, 0.4) is 0 Å². The van der Waals surface area contributed by atoms with E-state index in [0.717, 1.165) is 154 Å². The van der Waals surface area contributed by atoms with Gasteiger partial charge in [-0.05, 0) is 141 Å². The zero-order valence-electron chi connectivity index (χ0n) is 48.7. The highest BCUT2D eigenvalue weighted by molar-refractivity contribution is 5.71. The third-order valence-electron chi connectivity index (χ3n) is 12.2. The molecule has 76 heavy (non-hydrogen) atoms. The highest BCUT2D eigenvalue weighted by atomic mass is 16.6. The maximum atomic E-state index is 12.9. The molecule has 6 nitrogen and oxygen atoms in total. The standard InChI is InChI=1S/C70H110O6/c1-4-7-10-13-16-19-22-24-26-28-30-32-33-34-35-36-37-39-40-42-44-46-48-51-54-57-60-63-69(72)75-66-67(65-74-68(71)62-59-56-53-50-21-18-15-12-9-6-3)76-70(73)64-61-58-55-52-49-47-45-43-41-38-31-29-27-25-23-20-17-14-11-8-5-2/h7-8,10-12,15-17,19-20,24-27,30-32,34-35,37-39,43,45,49,52,67H,4-6,9,13-14,18,21-23,28-29,33,36,40-42,44,46-48,50-51,53-66H2,1-3H3/b10-7-,11-8-,15-12-,19-16-,20-17-,26-24-,27-25-,32-30-,35-34-,38-31-,39-37-,45-43-,52-49-. The summed E-state index contributed by atoms with van der Waals surface area (Å²) in [5.41, 5.74) is 0. The minimum absolute atomic E-state index is 0.109. The van der Waals surface area contributed by atoms with E-state index in [0.29, 0.717) is 19.3 Å². The van der Waals surface area contributed by atoms with Gasteiger partial charge in [0.05, 0.1) is 0 Å². The predicted octanol–water partition coefficient (Wildman–Crippen LogP) is 20.9. The molecule has 0 aliphatic rings. The second-order valence-corrected chi connectivity index (χ2v) is 19.5. The second kappa shape index (κ2) is 62.6. The summed E-state index contributed by atoms with van der Waals surface area (Å²) >= 11 is 0. The molecule has 1 unspecified atom stereocenters. The minimum Gasteiger partial charge on any atom is -0.462 e. The Bertz CT molecular complexity index is 1720. The first kappa shape index (κ1) is 71.0. The van der Waals surface area contributed by atoms with Crippen molar-refractivity contribution >= 4 is 17.9 Å². The van der Waals surface area contributed by atoms with Crippen molar-refractivity contribution in [3.8, 4) is 0 Å². The first-order valence-electron chi connectivity index (χ1n) is 30.5. The maximum absolute atomic E-state index is 12.9. The third-order valence-corrected chi connectivity index (χ3v) is 12.2. The van der Waals surface area contributed by atoms with Gasteiger partial charge in [-0.15, -0.1) is 0 Å². The van der Waals surface area contributed by atoms with Gasteiger partial charge >= 0.3 is 17.9 Å². The molecule has 6 heteroatoms. The molecular formula is C70H110O6. The number of rotatable bonds is 53. The van der Waals surface area contributed by atoms with Gasteiger partial charge in [-0.3, -0.25) is 14.4 Å². The van der Waals surface area contributed by atoms with Crippen LogP contribution < -0.4 is 0 Å². The molecule has 0 aromatic heterocycles. The quantitative estimate of drug-likeness (QED) is 0.0261. The SMILES string of the molecule is CC/C=C\C/C=C\C/C=C\C/C=C\C/C=C\C/C=C\CCCCCCCCCCC(=O)OCC(COC(=O)CCCCCCC/C=C\CCC)OC(=O)CCCC/C=C\C/C=C\C/C=C\C/C=C\C/C=C\C/C=C\CC. The Kier molecular flexibility index (Phi) is 58.5. The lowest BCUT2D eigenvalue weighted by atomic mass is 10.1. The van der Waals surface area contributed by atoms with Gasteiger partial charge in [0, 0.05) is 19.3 Å². The number of allylic oxidation sites excluding steroid dienone is 26. The van der Waals surface area contributed by atoms with Crippen molar-refractivity contribution in [3.63, 3.8) is 0 Å². The summed E-state index contributed by atoms with van der Waals surface area (Å²) in [6, 6.07) is 0. The summed E-state index contributed by atoms with van der Waals surface area (Å²) in [5, 5.41) is 0. The van der Waals surface area contributed by atoms with Crippen LogP contribution in [-0.2, 0) is 28.6 Å². The molecular weight excluding hydrogens is 937 g/mol. The molecule has 0 N–H and O–H groups in total. The van der Waals surface area contributed by atoms with Crippen LogP contribution in [0.1, 0.15) is 245 Å². The molecule has 0 rings (SSSR count). The van der Waals surface area contributed by atoms with Gasteiger partial charge in [-0.2, -0.15) is 0 Å². The summed E-state index contributed by atoms with van der Waals surface area (Å²) in [6.45, 7) is 6.29. The van der Waals surface area contributed by atoms with Crippen molar-refractivity contribution in [2.24, 2.45) is 0 Å². The molecule has 0 radical (unpaired) electrons. The van der Waals surface area contributed by atoms with Crippen molar-refractivity contribution < 1.29 is 28.6 Å². The van der Waals surface area contributed by atoms with E-state index in [2.05, 4.69) is 179 Å². The Morgan fingerprint density at radius 3 is 0.842 bits per heavy atom. The number of hydrogen-bond donors (Lipinski definition) is 0. The van der Waals surface area contributed by atoms with Gasteiger partial charge in [0.2, 0.25) is 0 Å². The van der Waals surface area contributed by atoms with E-state index in [9.17, 15) is 14.4 Å². The zero-order chi connectivity index (χ0) is 55.0. The average Bonchev–Trinajstić information content (AvgIpc) is 3.42. The molecule has 0 fully saturated rings. The number of hydrogen-bond acceptors (Lipinski definition) is 6. The highest BCUT2D eigenvalue weighted by Gasteiger charge is 2.19. The Morgan fingerprint density at radius 1 is 0.276 bits per heavy atom. The number of esters is 3. The van der Waals surface area contributed by atoms with E-state index >= 15 is 0 Å². The van der Waals surface area contributed by atoms with Crippen LogP contribution in [0.15, 0.2) is 158 Å². The van der Waals surface area contributed by atoms with Crippen molar-refractivity contribution in [2.45, 2.75) is 252 Å². The average molecular weight is 1050 g/mol. The third kappa shape index (κ3) is 59.9. The normalized spacial score (nSPS) is 13.2. The Labute approximate surface area is 467 Å². The zero-order valence-corrected chi connectivity index (χ0v) is 48.7. The van der Waals surface area contributed by atoms with Crippen LogP contribution >= 0.6 is 0 Å². The Hall–Kier alpha value is -4.97. The van der Waals surface area contributed by atoms with Crippen LogP contribution in [0.4, 0.5) is 0 Å². The van der Waals surface area contributed by atoms with Crippen LogP contribution in [0.25, 0.3) is 0 Å². The Balaban J connectivity index is 4.39. The molecule has 0 aliphatic carbocycles. The maximum Gasteiger partial charge on any atom is 0.306 e. The molecule has 0 aromatic carbocycles. The van der Waals surface area contributed by atoms with E-state index in [1.54, 1.807) is 0 Å². The first-order chi connectivity index (χ1) is 37.5. The van der Waals surface area contributed by atoms with Gasteiger partial charge in [-0.1, -0.05) is 243 Å². The molecule has 0 spiro atoms. The van der Waals surface area contributed by atoms with E-state index < -0.39 is 6.10 Å². The summed E-state index contributed by atoms with van der Waals surface area (Å²) in [4.78, 5) is 38.2. The highest BCUT2D eigenvalue weighted by Crippen LogP contribution is 2.14. The van der Waals surface area contributed by atoms with Crippen LogP contribution in [-0.4, -0.2) is 37.2 Å². The van der Waals surface area contributed by atoms with E-state index in [4.69, 9.17) is 14.2 Å². The van der Waals surface area contributed by atoms with Crippen molar-refractivity contribution in [3.05, 3.63) is 158 Å². The summed E-state index contributed by atoms with van der Waals surface area (Å²) in [6.07, 6.45) is 91.1. The van der Waals surface area contributed by atoms with E-state index in [-0.39, 0.29) is 37.5 Å². The summed E-state index contributed by atoms with van der Waals surface area (Å²) < 4.78 is 16.8. The largest absolute Gasteiger partial charge is 0.462 e. The predicted molar refractivity (Wildman–Crippen MR) is 329 cm³/mol. The van der Waals surface area contributed by atoms with Gasteiger partial charge in [0.25, 0.3) is 0 Å². The van der Waals surface area contributed by atoms with Gasteiger partial charge in [0.15, 0.2) is 6.10 Å². The topological polar surface area (TPSA) is 78.9 Å². The van der Waals surface area contributed by atoms with Crippen LogP contribution in [0, 0.1) is 0 Å². The fraction of sp³-hybridized carbons (Fsp3) is 0.586. The molecule has 0 saturated heterocycles. The van der Waals surface area contributed by atoms with Crippen molar-refractivity contribution in [1.82, 2.24) is 0 Å². The monoisotopic (exact) mass is 1050 g/mol. The molecule has 426 valence electrons. The molecule has 0 bridgehead atoms. The molecule has 0 aliphatic heterocycles. The van der Waals surface area contributed by atoms with Crippen molar-refractivity contribution in [2.75, 3.05) is 13.2 Å². The van der Waals surface area contributed by atoms with E-state index in [1.165, 1.54) is 44.9 Å². The van der Waals surface area contributed by atoms with Gasteiger partial charge < -0.3 is 14.2 Å².